The number of nitrogens with one attached hydrogen (secondary N) is 1. The summed E-state index contributed by atoms with van der Waals surface area (Å²) >= 11 is 0. The number of benzene rings is 2. The molecule has 5 heteroatoms. The Morgan fingerprint density at radius 2 is 1.79 bits per heavy atom. The minimum absolute atomic E-state index is 0.0938. The lowest BCUT2D eigenvalue weighted by Crippen LogP contribution is -2.56. The van der Waals surface area contributed by atoms with Crippen LogP contribution in [0.3, 0.4) is 0 Å². The lowest BCUT2D eigenvalue weighted by molar-refractivity contribution is 0.0172. The van der Waals surface area contributed by atoms with E-state index in [2.05, 4.69) is 22.3 Å². The zero-order valence-electron chi connectivity index (χ0n) is 16.2. The summed E-state index contributed by atoms with van der Waals surface area (Å²) in [6.45, 7) is 0.868. The molecule has 2 bridgehead atoms. The lowest BCUT2D eigenvalue weighted by atomic mass is 9.81. The van der Waals surface area contributed by atoms with Crippen molar-refractivity contribution in [3.05, 3.63) is 65.5 Å². The van der Waals surface area contributed by atoms with Gasteiger partial charge in [0.05, 0.1) is 12.7 Å². The lowest BCUT2D eigenvalue weighted by Gasteiger charge is -2.49. The molecule has 2 fully saturated rings. The summed E-state index contributed by atoms with van der Waals surface area (Å²) in [5.41, 5.74) is 1.33. The highest BCUT2D eigenvalue weighted by molar-refractivity contribution is 5.94. The number of carbonyl (C=O) groups is 1. The van der Waals surface area contributed by atoms with E-state index in [4.69, 9.17) is 4.74 Å². The molecule has 2 aromatic carbocycles. The number of ether oxygens (including phenoxy) is 1. The quantitative estimate of drug-likeness (QED) is 0.845. The van der Waals surface area contributed by atoms with Gasteiger partial charge in [0.2, 0.25) is 0 Å². The van der Waals surface area contributed by atoms with E-state index in [9.17, 15) is 9.18 Å². The predicted molar refractivity (Wildman–Crippen MR) is 107 cm³/mol. The molecule has 0 unspecified atom stereocenters. The summed E-state index contributed by atoms with van der Waals surface area (Å²) in [4.78, 5) is 15.1. The summed E-state index contributed by atoms with van der Waals surface area (Å²) in [6.07, 6.45) is 5.32. The largest absolute Gasteiger partial charge is 0.496 e. The van der Waals surface area contributed by atoms with Crippen molar-refractivity contribution in [1.29, 1.82) is 0 Å². The van der Waals surface area contributed by atoms with Crippen LogP contribution in [0.1, 0.15) is 48.0 Å². The maximum absolute atomic E-state index is 13.9. The fraction of sp³-hybridized carbons (Fsp3) is 0.435. The highest BCUT2D eigenvalue weighted by Gasteiger charge is 2.39. The van der Waals surface area contributed by atoms with Gasteiger partial charge in [-0.25, -0.2) is 4.39 Å². The number of halogens is 1. The number of hydrogen-bond acceptors (Lipinski definition) is 3. The molecule has 4 rings (SSSR count). The van der Waals surface area contributed by atoms with Gasteiger partial charge in [0.1, 0.15) is 11.6 Å². The van der Waals surface area contributed by atoms with Gasteiger partial charge in [-0.15, -0.1) is 0 Å². The van der Waals surface area contributed by atoms with Crippen LogP contribution in [0.5, 0.6) is 5.75 Å². The number of carbonyl (C=O) groups excluding carboxylic acids is 1. The fourth-order valence-electron chi connectivity index (χ4n) is 4.79. The highest BCUT2D eigenvalue weighted by Crippen LogP contribution is 2.36. The Labute approximate surface area is 165 Å². The van der Waals surface area contributed by atoms with Crippen LogP contribution in [0.25, 0.3) is 0 Å². The zero-order valence-corrected chi connectivity index (χ0v) is 16.2. The van der Waals surface area contributed by atoms with E-state index >= 15 is 0 Å². The maximum Gasteiger partial charge on any atom is 0.254 e. The van der Waals surface area contributed by atoms with Gasteiger partial charge in [0, 0.05) is 30.2 Å². The fourth-order valence-corrected chi connectivity index (χ4v) is 4.79. The van der Waals surface area contributed by atoms with Gasteiger partial charge >= 0.3 is 0 Å². The third-order valence-corrected chi connectivity index (χ3v) is 6.13. The van der Waals surface area contributed by atoms with Crippen molar-refractivity contribution in [2.45, 2.75) is 56.8 Å². The summed E-state index contributed by atoms with van der Waals surface area (Å²) in [7, 11) is 1.71. The smallest absolute Gasteiger partial charge is 0.254 e. The molecule has 2 aromatic rings. The molecule has 0 aliphatic carbocycles. The molecule has 148 valence electrons. The first-order chi connectivity index (χ1) is 13.7. The molecular weight excluding hydrogens is 355 g/mol. The number of nitrogens with zero attached hydrogens (tertiary/aromatic N) is 1. The van der Waals surface area contributed by atoms with E-state index in [0.29, 0.717) is 12.1 Å². The molecule has 0 radical (unpaired) electrons. The molecular formula is C23H27FN2O2. The summed E-state index contributed by atoms with van der Waals surface area (Å²) in [5, 5.41) is 3.08. The SMILES string of the molecule is COc1ccccc1CN1[C@@H]2CCC[C@@H]1CC(NC(=O)c1ccccc1F)C2. The first kappa shape index (κ1) is 18.9. The summed E-state index contributed by atoms with van der Waals surface area (Å²) < 4.78 is 19.4. The van der Waals surface area contributed by atoms with Crippen molar-refractivity contribution >= 4 is 5.91 Å². The van der Waals surface area contributed by atoms with Crippen molar-refractivity contribution in [2.75, 3.05) is 7.11 Å². The third-order valence-electron chi connectivity index (χ3n) is 6.13. The topological polar surface area (TPSA) is 41.6 Å². The van der Waals surface area contributed by atoms with Gasteiger partial charge in [0.15, 0.2) is 0 Å². The number of piperidine rings is 2. The maximum atomic E-state index is 13.9. The Bertz CT molecular complexity index is 827. The van der Waals surface area contributed by atoms with Gasteiger partial charge in [-0.3, -0.25) is 9.69 Å². The van der Waals surface area contributed by atoms with E-state index in [-0.39, 0.29) is 17.5 Å². The van der Waals surface area contributed by atoms with Gasteiger partial charge in [-0.05, 0) is 43.9 Å². The van der Waals surface area contributed by atoms with Crippen LogP contribution in [0.2, 0.25) is 0 Å². The van der Waals surface area contributed by atoms with E-state index in [0.717, 1.165) is 38.0 Å². The first-order valence-corrected chi connectivity index (χ1v) is 10.1. The first-order valence-electron chi connectivity index (χ1n) is 10.1. The Morgan fingerprint density at radius 1 is 1.11 bits per heavy atom. The standard InChI is InChI=1S/C23H27FN2O2/c1-28-22-12-5-2-7-16(22)15-26-18-8-6-9-19(26)14-17(13-18)25-23(27)20-10-3-4-11-21(20)24/h2-5,7,10-12,17-19H,6,8-9,13-15H2,1H3,(H,25,27)/t18-,19-/m1/s1. The molecule has 2 aliphatic heterocycles. The highest BCUT2D eigenvalue weighted by atomic mass is 19.1. The van der Waals surface area contributed by atoms with E-state index in [1.165, 1.54) is 18.1 Å². The van der Waals surface area contributed by atoms with Crippen LogP contribution in [-0.4, -0.2) is 36.0 Å². The second kappa shape index (κ2) is 8.31. The molecule has 1 N–H and O–H groups in total. The monoisotopic (exact) mass is 382 g/mol. The summed E-state index contributed by atoms with van der Waals surface area (Å²) in [6, 6.07) is 15.3. The van der Waals surface area contributed by atoms with Crippen molar-refractivity contribution in [2.24, 2.45) is 0 Å². The number of amides is 1. The van der Waals surface area contributed by atoms with E-state index < -0.39 is 5.82 Å². The Morgan fingerprint density at radius 3 is 2.50 bits per heavy atom. The van der Waals surface area contributed by atoms with E-state index in [1.54, 1.807) is 25.3 Å². The molecule has 2 saturated heterocycles. The van der Waals surface area contributed by atoms with Crippen molar-refractivity contribution in [3.8, 4) is 5.75 Å². The van der Waals surface area contributed by atoms with E-state index in [1.807, 2.05) is 12.1 Å². The second-order valence-corrected chi connectivity index (χ2v) is 7.84. The summed E-state index contributed by atoms with van der Waals surface area (Å²) in [5.74, 6) is 0.156. The molecule has 0 spiro atoms. The predicted octanol–water partition coefficient (Wildman–Crippen LogP) is 4.15. The van der Waals surface area contributed by atoms with Crippen molar-refractivity contribution in [1.82, 2.24) is 10.2 Å². The van der Waals surface area contributed by atoms with Crippen LogP contribution in [0.4, 0.5) is 4.39 Å². The average Bonchev–Trinajstić information content (AvgIpc) is 2.69. The van der Waals surface area contributed by atoms with Gasteiger partial charge < -0.3 is 10.1 Å². The van der Waals surface area contributed by atoms with Crippen LogP contribution < -0.4 is 10.1 Å². The van der Waals surface area contributed by atoms with Gasteiger partial charge in [-0.2, -0.15) is 0 Å². The third kappa shape index (κ3) is 3.90. The van der Waals surface area contributed by atoms with Crippen molar-refractivity contribution < 1.29 is 13.9 Å². The van der Waals surface area contributed by atoms with Gasteiger partial charge in [-0.1, -0.05) is 36.8 Å². The number of rotatable bonds is 5. The second-order valence-electron chi connectivity index (χ2n) is 7.84. The minimum atomic E-state index is -0.464. The zero-order chi connectivity index (χ0) is 19.5. The van der Waals surface area contributed by atoms with Crippen LogP contribution in [0.15, 0.2) is 48.5 Å². The van der Waals surface area contributed by atoms with Crippen LogP contribution in [-0.2, 0) is 6.54 Å². The molecule has 2 aliphatic rings. The number of methoxy groups -OCH3 is 1. The number of para-hydroxylation sites is 1. The minimum Gasteiger partial charge on any atom is -0.496 e. The molecule has 2 atom stereocenters. The van der Waals surface area contributed by atoms with Crippen LogP contribution in [0, 0.1) is 5.82 Å². The Kier molecular flexibility index (Phi) is 5.62. The Balaban J connectivity index is 1.45. The molecule has 28 heavy (non-hydrogen) atoms. The number of fused-ring (bicyclic) bond motifs is 2. The Hall–Kier alpha value is -2.40. The van der Waals surface area contributed by atoms with Crippen molar-refractivity contribution in [3.63, 3.8) is 0 Å². The average molecular weight is 382 g/mol. The molecule has 0 saturated carbocycles. The molecule has 0 aromatic heterocycles. The molecule has 4 nitrogen and oxygen atoms in total. The number of hydrogen-bond donors (Lipinski definition) is 1. The molecule has 2 heterocycles. The van der Waals surface area contributed by atoms with Gasteiger partial charge in [0.25, 0.3) is 5.91 Å². The molecule has 1 amide bonds. The van der Waals surface area contributed by atoms with Crippen LogP contribution >= 0.6 is 0 Å². The normalized spacial score (nSPS) is 24.6.